The molecule has 0 saturated carbocycles. The number of nitrogens with one attached hydrogen (secondary N) is 1. The van der Waals surface area contributed by atoms with E-state index in [2.05, 4.69) is 28.2 Å². The average molecular weight is 144 g/mol. The molecule has 11 heavy (non-hydrogen) atoms. The zero-order chi connectivity index (χ0) is 7.26. The number of aromatic nitrogens is 2. The molecule has 2 heterocycles. The molecule has 1 N–H and O–H groups in total. The lowest BCUT2D eigenvalue weighted by atomic mass is 10.2. The zero-order valence-corrected chi connectivity index (χ0v) is 6.09. The van der Waals surface area contributed by atoms with Crippen LogP contribution in [0.3, 0.4) is 0 Å². The second-order valence-electron chi connectivity index (χ2n) is 2.98. The van der Waals surface area contributed by atoms with Gasteiger partial charge in [0.2, 0.25) is 0 Å². The Kier molecular flexibility index (Phi) is 0.799. The summed E-state index contributed by atoms with van der Waals surface area (Å²) in [5, 5.41) is 0. The Morgan fingerprint density at radius 3 is 3.27 bits per heavy atom. The number of hydrogen-bond acceptors (Lipinski definition) is 1. The Morgan fingerprint density at radius 2 is 2.27 bits per heavy atom. The van der Waals surface area contributed by atoms with Crippen LogP contribution in [-0.2, 0) is 12.8 Å². The SMILES string of the molecule is c1cc2[nH]c3nc(c-2c1)CC3. The molecular weight excluding hydrogens is 136 g/mol. The van der Waals surface area contributed by atoms with Crippen molar-refractivity contribution in [2.75, 3.05) is 0 Å². The molecule has 2 nitrogen and oxygen atoms in total. The molecule has 1 aliphatic carbocycles. The molecule has 0 spiro atoms. The maximum absolute atomic E-state index is 4.43. The molecule has 0 amide bonds. The summed E-state index contributed by atoms with van der Waals surface area (Å²) in [5.41, 5.74) is 3.80. The van der Waals surface area contributed by atoms with Crippen molar-refractivity contribution in [3.05, 3.63) is 29.7 Å². The summed E-state index contributed by atoms with van der Waals surface area (Å²) in [6.07, 6.45) is 2.20. The number of rotatable bonds is 0. The van der Waals surface area contributed by atoms with Gasteiger partial charge in [0, 0.05) is 17.7 Å². The third-order valence-electron chi connectivity index (χ3n) is 2.27. The van der Waals surface area contributed by atoms with Gasteiger partial charge in [-0.15, -0.1) is 0 Å². The number of hydrogen-bond donors (Lipinski definition) is 1. The van der Waals surface area contributed by atoms with Crippen LogP contribution in [0.5, 0.6) is 0 Å². The van der Waals surface area contributed by atoms with Gasteiger partial charge in [-0.25, -0.2) is 4.98 Å². The lowest BCUT2D eigenvalue weighted by Gasteiger charge is -1.99. The predicted octanol–water partition coefficient (Wildman–Crippen LogP) is 1.61. The van der Waals surface area contributed by atoms with Crippen molar-refractivity contribution in [2.24, 2.45) is 0 Å². The first kappa shape index (κ1) is 5.35. The van der Waals surface area contributed by atoms with E-state index in [9.17, 15) is 0 Å². The van der Waals surface area contributed by atoms with Crippen molar-refractivity contribution in [2.45, 2.75) is 12.8 Å². The van der Waals surface area contributed by atoms with Crippen molar-refractivity contribution in [3.8, 4) is 11.3 Å². The molecule has 3 rings (SSSR count). The standard InChI is InChI=1S/C9H8N2/c1-2-6-7(3-1)10-9-5-4-8(6)11-9/h1-3H,4-5H2,(H,10,11). The van der Waals surface area contributed by atoms with Crippen LogP contribution in [0, 0.1) is 0 Å². The van der Waals surface area contributed by atoms with Crippen LogP contribution in [0.4, 0.5) is 0 Å². The van der Waals surface area contributed by atoms with Crippen LogP contribution < -0.4 is 0 Å². The minimum atomic E-state index is 1.09. The summed E-state index contributed by atoms with van der Waals surface area (Å²) in [4.78, 5) is 7.73. The van der Waals surface area contributed by atoms with Gasteiger partial charge < -0.3 is 4.98 Å². The minimum absolute atomic E-state index is 1.09. The van der Waals surface area contributed by atoms with Gasteiger partial charge in [0.15, 0.2) is 0 Å². The van der Waals surface area contributed by atoms with Crippen LogP contribution in [0.2, 0.25) is 0 Å². The van der Waals surface area contributed by atoms with E-state index in [1.165, 1.54) is 17.0 Å². The molecule has 3 aliphatic rings. The topological polar surface area (TPSA) is 28.7 Å². The van der Waals surface area contributed by atoms with Crippen LogP contribution in [0.1, 0.15) is 11.5 Å². The van der Waals surface area contributed by atoms with E-state index in [4.69, 9.17) is 0 Å². The van der Waals surface area contributed by atoms with Crippen LogP contribution in [0.15, 0.2) is 18.2 Å². The minimum Gasteiger partial charge on any atom is -0.343 e. The molecular formula is C9H8N2. The van der Waals surface area contributed by atoms with Gasteiger partial charge in [0.05, 0.1) is 5.69 Å². The Hall–Kier alpha value is -1.31. The zero-order valence-electron chi connectivity index (χ0n) is 6.09. The van der Waals surface area contributed by atoms with Crippen LogP contribution in [0.25, 0.3) is 11.3 Å². The van der Waals surface area contributed by atoms with E-state index in [0.29, 0.717) is 0 Å². The Morgan fingerprint density at radius 1 is 1.27 bits per heavy atom. The van der Waals surface area contributed by atoms with Crippen molar-refractivity contribution >= 4 is 0 Å². The second kappa shape index (κ2) is 1.64. The van der Waals surface area contributed by atoms with Crippen LogP contribution in [-0.4, -0.2) is 9.97 Å². The molecule has 0 saturated heterocycles. The normalized spacial score (nSPS) is 14.5. The molecule has 0 unspecified atom stereocenters. The lowest BCUT2D eigenvalue weighted by Crippen LogP contribution is -1.89. The van der Waals surface area contributed by atoms with Gasteiger partial charge in [-0.05, 0) is 12.5 Å². The van der Waals surface area contributed by atoms with E-state index < -0.39 is 0 Å². The Balaban J connectivity index is 2.47. The third-order valence-corrected chi connectivity index (χ3v) is 2.27. The maximum atomic E-state index is 4.43. The monoisotopic (exact) mass is 144 g/mol. The van der Waals surface area contributed by atoms with Gasteiger partial charge >= 0.3 is 0 Å². The fraction of sp³-hybridized carbons (Fsp3) is 0.222. The van der Waals surface area contributed by atoms with E-state index >= 15 is 0 Å². The maximum Gasteiger partial charge on any atom is 0.107 e. The molecule has 0 radical (unpaired) electrons. The second-order valence-corrected chi connectivity index (χ2v) is 2.98. The first-order valence-corrected chi connectivity index (χ1v) is 3.90. The van der Waals surface area contributed by atoms with Gasteiger partial charge in [0.25, 0.3) is 0 Å². The molecule has 2 heteroatoms. The highest BCUT2D eigenvalue weighted by Gasteiger charge is 2.17. The smallest absolute Gasteiger partial charge is 0.107 e. The number of nitrogens with zero attached hydrogens (tertiary/aromatic N) is 1. The van der Waals surface area contributed by atoms with E-state index in [0.717, 1.165) is 18.7 Å². The fourth-order valence-corrected chi connectivity index (χ4v) is 1.73. The molecule has 0 aromatic rings. The molecule has 0 fully saturated rings. The molecule has 0 aromatic carbocycles. The van der Waals surface area contributed by atoms with E-state index in [-0.39, 0.29) is 0 Å². The van der Waals surface area contributed by atoms with Gasteiger partial charge in [-0.3, -0.25) is 0 Å². The van der Waals surface area contributed by atoms with Crippen molar-refractivity contribution < 1.29 is 0 Å². The molecule has 2 aliphatic heterocycles. The number of aryl methyl sites for hydroxylation is 2. The van der Waals surface area contributed by atoms with Crippen molar-refractivity contribution in [3.63, 3.8) is 0 Å². The number of fused-ring (bicyclic) bond motifs is 4. The summed E-state index contributed by atoms with van der Waals surface area (Å²) >= 11 is 0. The highest BCUT2D eigenvalue weighted by molar-refractivity contribution is 5.65. The van der Waals surface area contributed by atoms with Gasteiger partial charge in [0.1, 0.15) is 5.82 Å². The Labute approximate surface area is 64.6 Å². The van der Waals surface area contributed by atoms with Crippen molar-refractivity contribution in [1.82, 2.24) is 9.97 Å². The van der Waals surface area contributed by atoms with Gasteiger partial charge in [-0.2, -0.15) is 0 Å². The first-order valence-electron chi connectivity index (χ1n) is 3.90. The summed E-state index contributed by atoms with van der Waals surface area (Å²) in [5.74, 6) is 1.14. The van der Waals surface area contributed by atoms with Gasteiger partial charge in [-0.1, -0.05) is 12.1 Å². The number of aromatic amines is 1. The third kappa shape index (κ3) is 0.589. The predicted molar refractivity (Wildman–Crippen MR) is 42.6 cm³/mol. The molecule has 54 valence electrons. The Bertz CT molecular complexity index is 375. The summed E-state index contributed by atoms with van der Waals surface area (Å²) in [7, 11) is 0. The summed E-state index contributed by atoms with van der Waals surface area (Å²) in [6, 6.07) is 6.31. The van der Waals surface area contributed by atoms with E-state index in [1.54, 1.807) is 0 Å². The van der Waals surface area contributed by atoms with E-state index in [1.807, 2.05) is 0 Å². The average Bonchev–Trinajstić information content (AvgIpc) is 2.58. The molecule has 0 aromatic heterocycles. The quantitative estimate of drug-likeness (QED) is 0.598. The van der Waals surface area contributed by atoms with Crippen molar-refractivity contribution in [1.29, 1.82) is 0 Å². The molecule has 2 bridgehead atoms. The first-order chi connectivity index (χ1) is 5.43. The fourth-order valence-electron chi connectivity index (χ4n) is 1.73. The summed E-state index contributed by atoms with van der Waals surface area (Å²) in [6.45, 7) is 0. The van der Waals surface area contributed by atoms with Crippen LogP contribution >= 0.6 is 0 Å². The lowest BCUT2D eigenvalue weighted by molar-refractivity contribution is 0.988. The highest BCUT2D eigenvalue weighted by atomic mass is 14.9. The number of H-pyrrole nitrogens is 1. The highest BCUT2D eigenvalue weighted by Crippen LogP contribution is 2.28. The largest absolute Gasteiger partial charge is 0.343 e. The molecule has 0 atom stereocenters. The summed E-state index contributed by atoms with van der Waals surface area (Å²) < 4.78 is 0.